The van der Waals surface area contributed by atoms with E-state index in [1.807, 2.05) is 12.3 Å². The van der Waals surface area contributed by atoms with E-state index in [1.54, 1.807) is 0 Å². The molecule has 0 amide bonds. The van der Waals surface area contributed by atoms with E-state index in [0.29, 0.717) is 0 Å². The zero-order valence-corrected chi connectivity index (χ0v) is 26.8. The van der Waals surface area contributed by atoms with Gasteiger partial charge in [0.2, 0.25) is 0 Å². The molecule has 1 heterocycles. The molecule has 45 heavy (non-hydrogen) atoms. The summed E-state index contributed by atoms with van der Waals surface area (Å²) in [5, 5.41) is 4.82. The van der Waals surface area contributed by atoms with E-state index in [1.165, 1.54) is 49.5 Å². The summed E-state index contributed by atoms with van der Waals surface area (Å²) in [5.74, 6) is 0. The first-order valence-corrected chi connectivity index (χ1v) is 15.0. The summed E-state index contributed by atoms with van der Waals surface area (Å²) in [6, 6.07) is 61.9. The van der Waals surface area contributed by atoms with Gasteiger partial charge in [0.25, 0.3) is 0 Å². The Kier molecular flexibility index (Phi) is 7.92. The molecule has 7 aromatic carbocycles. The predicted molar refractivity (Wildman–Crippen MR) is 185 cm³/mol. The van der Waals surface area contributed by atoms with Crippen LogP contribution in [0.1, 0.15) is 0 Å². The molecule has 8 aromatic rings. The van der Waals surface area contributed by atoms with E-state index in [-0.39, 0.29) is 20.1 Å². The van der Waals surface area contributed by atoms with Crippen molar-refractivity contribution in [2.75, 3.05) is 0 Å². The van der Waals surface area contributed by atoms with Crippen molar-refractivity contribution < 1.29 is 20.1 Å². The van der Waals surface area contributed by atoms with Crippen LogP contribution in [-0.2, 0) is 20.1 Å². The van der Waals surface area contributed by atoms with Crippen LogP contribution in [0.3, 0.4) is 0 Å². The van der Waals surface area contributed by atoms with E-state index >= 15 is 0 Å². The van der Waals surface area contributed by atoms with Crippen LogP contribution in [-0.4, -0.2) is 4.98 Å². The molecular formula is C43H28IrN-. The fourth-order valence-electron chi connectivity index (χ4n) is 6.22. The molecule has 215 valence electrons. The summed E-state index contributed by atoms with van der Waals surface area (Å²) >= 11 is 0. The van der Waals surface area contributed by atoms with Crippen molar-refractivity contribution in [1.29, 1.82) is 0 Å². The molecule has 0 aliphatic rings. The molecule has 0 atom stereocenters. The molecule has 0 saturated carbocycles. The summed E-state index contributed by atoms with van der Waals surface area (Å²) in [5.41, 5.74) is 11.5. The first-order valence-electron chi connectivity index (χ1n) is 15.0. The van der Waals surface area contributed by atoms with Crippen molar-refractivity contribution in [2.45, 2.75) is 0 Å². The largest absolute Gasteiger partial charge is 0.304 e. The topological polar surface area (TPSA) is 12.9 Å². The molecule has 0 fully saturated rings. The van der Waals surface area contributed by atoms with Crippen molar-refractivity contribution in [2.24, 2.45) is 0 Å². The van der Waals surface area contributed by atoms with Gasteiger partial charge in [0, 0.05) is 26.3 Å². The van der Waals surface area contributed by atoms with Crippen LogP contribution in [0.2, 0.25) is 0 Å². The molecule has 0 bridgehead atoms. The van der Waals surface area contributed by atoms with Gasteiger partial charge in [-0.2, -0.15) is 0 Å². The minimum atomic E-state index is 0. The predicted octanol–water partition coefficient (Wildman–Crippen LogP) is 11.5. The minimum Gasteiger partial charge on any atom is -0.304 e. The van der Waals surface area contributed by atoms with E-state index in [0.717, 1.165) is 27.8 Å². The number of benzene rings is 7. The third-order valence-corrected chi connectivity index (χ3v) is 8.40. The Morgan fingerprint density at radius 1 is 0.400 bits per heavy atom. The number of hydrogen-bond acceptors (Lipinski definition) is 1. The van der Waals surface area contributed by atoms with Gasteiger partial charge in [-0.1, -0.05) is 115 Å². The van der Waals surface area contributed by atoms with Crippen LogP contribution in [0.15, 0.2) is 170 Å². The van der Waals surface area contributed by atoms with E-state index in [2.05, 4.69) is 164 Å². The van der Waals surface area contributed by atoms with Gasteiger partial charge in [0.1, 0.15) is 0 Å². The van der Waals surface area contributed by atoms with Gasteiger partial charge in [-0.25, -0.2) is 0 Å². The maximum absolute atomic E-state index is 4.74. The SMILES string of the molecule is [Ir].[c-]1ccc(-c2cccc(-c3cc(-c4ccccc4)cc(-c4cccc5ccccc45)c3)c2)cc1-c1nccc2ccccc12. The minimum absolute atomic E-state index is 0. The van der Waals surface area contributed by atoms with E-state index < -0.39 is 0 Å². The Bertz CT molecular complexity index is 2280. The third kappa shape index (κ3) is 5.63. The number of aromatic nitrogens is 1. The molecule has 0 aliphatic carbocycles. The molecule has 0 aliphatic heterocycles. The number of hydrogen-bond donors (Lipinski definition) is 0. The van der Waals surface area contributed by atoms with E-state index in [4.69, 9.17) is 4.98 Å². The third-order valence-electron chi connectivity index (χ3n) is 8.40. The molecule has 1 aromatic heterocycles. The number of pyridine rings is 1. The number of fused-ring (bicyclic) bond motifs is 2. The normalized spacial score (nSPS) is 10.9. The average molecular weight is 751 g/mol. The molecule has 0 unspecified atom stereocenters. The quantitative estimate of drug-likeness (QED) is 0.160. The van der Waals surface area contributed by atoms with Crippen molar-refractivity contribution >= 4 is 21.5 Å². The molecule has 0 spiro atoms. The van der Waals surface area contributed by atoms with Crippen molar-refractivity contribution in [1.82, 2.24) is 4.98 Å². The second-order valence-corrected chi connectivity index (χ2v) is 11.1. The van der Waals surface area contributed by atoms with Gasteiger partial charge in [0.05, 0.1) is 0 Å². The van der Waals surface area contributed by atoms with Crippen LogP contribution in [0.25, 0.3) is 77.3 Å². The summed E-state index contributed by atoms with van der Waals surface area (Å²) in [6.07, 6.45) is 1.88. The van der Waals surface area contributed by atoms with Crippen molar-refractivity contribution in [3.63, 3.8) is 0 Å². The molecule has 2 heteroatoms. The van der Waals surface area contributed by atoms with Gasteiger partial charge >= 0.3 is 0 Å². The second kappa shape index (κ2) is 12.5. The number of nitrogens with zero attached hydrogens (tertiary/aromatic N) is 1. The first-order chi connectivity index (χ1) is 21.8. The average Bonchev–Trinajstić information content (AvgIpc) is 3.11. The Labute approximate surface area is 277 Å². The monoisotopic (exact) mass is 751 g/mol. The smallest absolute Gasteiger partial charge is 0.0167 e. The van der Waals surface area contributed by atoms with Gasteiger partial charge in [-0.15, -0.1) is 35.4 Å². The zero-order valence-electron chi connectivity index (χ0n) is 24.4. The van der Waals surface area contributed by atoms with Crippen LogP contribution in [0.4, 0.5) is 0 Å². The fourth-order valence-corrected chi connectivity index (χ4v) is 6.22. The Hall–Kier alpha value is -5.14. The standard InChI is InChI=1S/C43H28N.Ir/c1-2-11-30(12-3-1)37-27-38(29-39(28-37)41-22-10-15-31-13-4-6-20-40(31)41)35-18-8-16-33(25-35)34-17-9-19-36(26-34)43-42-21-7-5-14-32(42)23-24-44-43;/h1-18,20-29H;/q-1;. The van der Waals surface area contributed by atoms with Crippen LogP contribution < -0.4 is 0 Å². The van der Waals surface area contributed by atoms with Gasteiger partial charge in [0.15, 0.2) is 0 Å². The first kappa shape index (κ1) is 28.6. The van der Waals surface area contributed by atoms with Gasteiger partial charge < -0.3 is 4.98 Å². The maximum atomic E-state index is 4.74. The van der Waals surface area contributed by atoms with Crippen molar-refractivity contribution in [3.8, 4) is 55.8 Å². The molecule has 0 saturated heterocycles. The van der Waals surface area contributed by atoms with Crippen LogP contribution in [0.5, 0.6) is 0 Å². The summed E-state index contributed by atoms with van der Waals surface area (Å²) in [7, 11) is 0. The van der Waals surface area contributed by atoms with Gasteiger partial charge in [-0.05, 0) is 96.5 Å². The summed E-state index contributed by atoms with van der Waals surface area (Å²) in [6.45, 7) is 0. The molecule has 0 N–H and O–H groups in total. The molecule has 8 rings (SSSR count). The van der Waals surface area contributed by atoms with Gasteiger partial charge in [-0.3, -0.25) is 0 Å². The molecular weight excluding hydrogens is 723 g/mol. The maximum Gasteiger partial charge on any atom is 0.0167 e. The van der Waals surface area contributed by atoms with Crippen LogP contribution >= 0.6 is 0 Å². The number of rotatable bonds is 5. The summed E-state index contributed by atoms with van der Waals surface area (Å²) in [4.78, 5) is 4.74. The van der Waals surface area contributed by atoms with Crippen LogP contribution in [0, 0.1) is 6.07 Å². The van der Waals surface area contributed by atoms with Crippen molar-refractivity contribution in [3.05, 3.63) is 176 Å². The Morgan fingerprint density at radius 2 is 0.956 bits per heavy atom. The Balaban J connectivity index is 0.00000325. The van der Waals surface area contributed by atoms with E-state index in [9.17, 15) is 0 Å². The fraction of sp³-hybridized carbons (Fsp3) is 0. The zero-order chi connectivity index (χ0) is 29.3. The Morgan fingerprint density at radius 3 is 1.78 bits per heavy atom. The molecule has 1 radical (unpaired) electrons. The summed E-state index contributed by atoms with van der Waals surface area (Å²) < 4.78 is 0. The second-order valence-electron chi connectivity index (χ2n) is 11.1. The molecule has 1 nitrogen and oxygen atoms in total.